The minimum absolute atomic E-state index is 0.392. The molecule has 2 rings (SSSR count). The number of piperidine rings is 2. The van der Waals surface area contributed by atoms with Crippen LogP contribution in [-0.2, 0) is 19.1 Å². The van der Waals surface area contributed by atoms with E-state index in [4.69, 9.17) is 9.47 Å². The Hall–Kier alpha value is -1.22. The number of carbonyl (C=O) groups is 2. The highest BCUT2D eigenvalue weighted by molar-refractivity contribution is 5.95. The third-order valence-electron chi connectivity index (χ3n) is 7.93. The molecule has 36 heavy (non-hydrogen) atoms. The Labute approximate surface area is 218 Å². The van der Waals surface area contributed by atoms with Crippen LogP contribution in [0.3, 0.4) is 0 Å². The molecule has 0 aromatic rings. The zero-order valence-corrected chi connectivity index (χ0v) is 24.2. The molecule has 8 heteroatoms. The lowest BCUT2D eigenvalue weighted by atomic mass is 9.80. The van der Waals surface area contributed by atoms with Crippen LogP contribution in [0, 0.1) is 5.92 Å². The van der Waals surface area contributed by atoms with E-state index in [9.17, 15) is 20.0 Å². The average Bonchev–Trinajstić information content (AvgIpc) is 2.71. The molecule has 0 bridgehead atoms. The van der Waals surface area contributed by atoms with Crippen LogP contribution in [0.15, 0.2) is 0 Å². The van der Waals surface area contributed by atoms with Gasteiger partial charge in [-0.1, -0.05) is 39.0 Å². The molecule has 0 saturated carbocycles. The highest BCUT2D eigenvalue weighted by atomic mass is 16.6. The molecule has 8 nitrogen and oxygen atoms in total. The van der Waals surface area contributed by atoms with Crippen LogP contribution < -0.4 is 0 Å². The van der Waals surface area contributed by atoms with Gasteiger partial charge in [-0.15, -0.1) is 0 Å². The monoisotopic (exact) mass is 512 g/mol. The summed E-state index contributed by atoms with van der Waals surface area (Å²) in [5.74, 6) is -2.03. The van der Waals surface area contributed by atoms with Crippen molar-refractivity contribution in [3.05, 3.63) is 0 Å². The van der Waals surface area contributed by atoms with E-state index in [1.165, 1.54) is 10.1 Å². The first-order valence-corrected chi connectivity index (χ1v) is 13.8. The van der Waals surface area contributed by atoms with Crippen molar-refractivity contribution in [1.29, 1.82) is 0 Å². The summed E-state index contributed by atoms with van der Waals surface area (Å²) in [6.07, 6.45) is 6.58. The SMILES string of the molecule is CCCCCCCC(C(=O)OC1CC(C)(C)N(O)C(C)(C)C1)C(=O)OC1CC(C)(C)N(O)C(C)(C)C1. The molecule has 0 radical (unpaired) electrons. The van der Waals surface area contributed by atoms with E-state index >= 15 is 0 Å². The van der Waals surface area contributed by atoms with Gasteiger partial charge in [0.15, 0.2) is 5.92 Å². The maximum atomic E-state index is 13.4. The number of unbranched alkanes of at least 4 members (excludes halogenated alkanes) is 4. The molecule has 2 aliphatic heterocycles. The molecule has 0 aromatic heterocycles. The predicted molar refractivity (Wildman–Crippen MR) is 139 cm³/mol. The number of hydroxylamine groups is 4. The lowest BCUT2D eigenvalue weighted by molar-refractivity contribution is -0.261. The number of hydrogen-bond acceptors (Lipinski definition) is 8. The third-order valence-corrected chi connectivity index (χ3v) is 7.93. The average molecular weight is 513 g/mol. The fourth-order valence-corrected chi connectivity index (χ4v) is 6.30. The van der Waals surface area contributed by atoms with Gasteiger partial charge in [0.2, 0.25) is 0 Å². The van der Waals surface area contributed by atoms with Crippen molar-refractivity contribution in [1.82, 2.24) is 10.1 Å². The molecule has 0 spiro atoms. The van der Waals surface area contributed by atoms with Crippen molar-refractivity contribution in [2.24, 2.45) is 5.92 Å². The number of esters is 2. The summed E-state index contributed by atoms with van der Waals surface area (Å²) in [4.78, 5) is 26.8. The van der Waals surface area contributed by atoms with Crippen molar-refractivity contribution >= 4 is 11.9 Å². The molecule has 0 unspecified atom stereocenters. The van der Waals surface area contributed by atoms with Gasteiger partial charge in [0.1, 0.15) is 12.2 Å². The number of rotatable bonds is 10. The van der Waals surface area contributed by atoms with Crippen LogP contribution in [0.1, 0.15) is 127 Å². The first kappa shape index (κ1) is 31.0. The summed E-state index contributed by atoms with van der Waals surface area (Å²) in [6.45, 7) is 17.5. The van der Waals surface area contributed by atoms with Crippen molar-refractivity contribution in [3.8, 4) is 0 Å². The van der Waals surface area contributed by atoms with Gasteiger partial charge in [0, 0.05) is 47.8 Å². The summed E-state index contributed by atoms with van der Waals surface area (Å²) < 4.78 is 11.9. The lowest BCUT2D eigenvalue weighted by Gasteiger charge is -2.51. The maximum absolute atomic E-state index is 13.4. The van der Waals surface area contributed by atoms with Crippen molar-refractivity contribution < 1.29 is 29.5 Å². The number of ether oxygens (including phenoxy) is 2. The summed E-state index contributed by atoms with van der Waals surface area (Å²) in [5.41, 5.74) is -2.23. The van der Waals surface area contributed by atoms with Crippen LogP contribution in [-0.4, -0.2) is 66.8 Å². The molecule has 210 valence electrons. The van der Waals surface area contributed by atoms with E-state index in [1.807, 2.05) is 55.4 Å². The highest BCUT2D eigenvalue weighted by Crippen LogP contribution is 2.40. The Morgan fingerprint density at radius 1 is 0.694 bits per heavy atom. The standard InChI is InChI=1S/C28H52N2O6/c1-10-11-12-13-14-15-22(23(31)35-20-16-25(2,3)29(33)26(4,5)17-20)24(32)36-21-18-27(6,7)30(34)28(8,9)19-21/h20-22,33-34H,10-19H2,1-9H3. The topological polar surface area (TPSA) is 99.5 Å². The first-order valence-electron chi connectivity index (χ1n) is 13.8. The fourth-order valence-electron chi connectivity index (χ4n) is 6.30. The largest absolute Gasteiger partial charge is 0.462 e. The van der Waals surface area contributed by atoms with Gasteiger partial charge in [0.05, 0.1) is 0 Å². The van der Waals surface area contributed by atoms with E-state index in [0.717, 1.165) is 32.1 Å². The van der Waals surface area contributed by atoms with Gasteiger partial charge in [-0.25, -0.2) is 0 Å². The van der Waals surface area contributed by atoms with Gasteiger partial charge in [-0.3, -0.25) is 9.59 Å². The fraction of sp³-hybridized carbons (Fsp3) is 0.929. The maximum Gasteiger partial charge on any atom is 0.320 e. The smallest absolute Gasteiger partial charge is 0.320 e. The van der Waals surface area contributed by atoms with Crippen LogP contribution >= 0.6 is 0 Å². The van der Waals surface area contributed by atoms with Crippen molar-refractivity contribution in [2.75, 3.05) is 0 Å². The van der Waals surface area contributed by atoms with Gasteiger partial charge in [0.25, 0.3) is 0 Å². The van der Waals surface area contributed by atoms with E-state index in [2.05, 4.69) is 6.92 Å². The molecule has 2 fully saturated rings. The summed E-state index contributed by atoms with van der Waals surface area (Å²) in [6, 6.07) is 0. The number of nitrogens with zero attached hydrogens (tertiary/aromatic N) is 2. The molecule has 2 saturated heterocycles. The number of hydrogen-bond donors (Lipinski definition) is 2. The summed E-state index contributed by atoms with van der Waals surface area (Å²) in [5, 5.41) is 23.9. The summed E-state index contributed by atoms with van der Waals surface area (Å²) in [7, 11) is 0. The number of carbonyl (C=O) groups excluding carboxylic acids is 2. The van der Waals surface area contributed by atoms with Crippen molar-refractivity contribution in [2.45, 2.75) is 161 Å². The Morgan fingerprint density at radius 3 is 1.36 bits per heavy atom. The van der Waals surface area contributed by atoms with Crippen LogP contribution in [0.25, 0.3) is 0 Å². The second kappa shape index (κ2) is 11.7. The lowest BCUT2D eigenvalue weighted by Crippen LogP contribution is -2.61. The molecule has 0 amide bonds. The van der Waals surface area contributed by atoms with Crippen LogP contribution in [0.5, 0.6) is 0 Å². The molecule has 0 atom stereocenters. The van der Waals surface area contributed by atoms with Gasteiger partial charge < -0.3 is 19.9 Å². The minimum atomic E-state index is -0.969. The minimum Gasteiger partial charge on any atom is -0.462 e. The Kier molecular flexibility index (Phi) is 10.0. The van der Waals surface area contributed by atoms with Crippen molar-refractivity contribution in [3.63, 3.8) is 0 Å². The third kappa shape index (κ3) is 7.65. The van der Waals surface area contributed by atoms with E-state index < -0.39 is 52.2 Å². The predicted octanol–water partition coefficient (Wildman–Crippen LogP) is 5.87. The second-order valence-electron chi connectivity index (χ2n) is 13.6. The Morgan fingerprint density at radius 2 is 1.03 bits per heavy atom. The van der Waals surface area contributed by atoms with Gasteiger partial charge >= 0.3 is 11.9 Å². The first-order chi connectivity index (χ1) is 16.4. The van der Waals surface area contributed by atoms with Gasteiger partial charge in [-0.05, 0) is 61.8 Å². The summed E-state index contributed by atoms with van der Waals surface area (Å²) >= 11 is 0. The molecule has 0 aromatic carbocycles. The zero-order valence-electron chi connectivity index (χ0n) is 24.2. The second-order valence-corrected chi connectivity index (χ2v) is 13.6. The van der Waals surface area contributed by atoms with Crippen LogP contribution in [0.4, 0.5) is 0 Å². The van der Waals surface area contributed by atoms with E-state index in [-0.39, 0.29) is 0 Å². The molecule has 2 N–H and O–H groups in total. The normalized spacial score (nSPS) is 24.6. The van der Waals surface area contributed by atoms with E-state index in [1.54, 1.807) is 0 Å². The molecule has 2 heterocycles. The zero-order chi connectivity index (χ0) is 27.5. The Bertz CT molecular complexity index is 671. The molecular weight excluding hydrogens is 460 g/mol. The van der Waals surface area contributed by atoms with Crippen LogP contribution in [0.2, 0.25) is 0 Å². The molecule has 0 aliphatic carbocycles. The molecular formula is C28H52N2O6. The van der Waals surface area contributed by atoms with Gasteiger partial charge in [-0.2, -0.15) is 10.1 Å². The highest BCUT2D eigenvalue weighted by Gasteiger charge is 2.49. The molecule has 2 aliphatic rings. The quantitative estimate of drug-likeness (QED) is 0.213. The van der Waals surface area contributed by atoms with E-state index in [0.29, 0.717) is 32.1 Å². The Balaban J connectivity index is 2.13.